The Kier molecular flexibility index (Phi) is 4.17. The molecule has 1 amide bonds. The Hall–Kier alpha value is -1.87. The van der Waals surface area contributed by atoms with Crippen LogP contribution in [0.1, 0.15) is 28.3 Å². The van der Waals surface area contributed by atoms with Crippen LogP contribution in [0.3, 0.4) is 0 Å². The van der Waals surface area contributed by atoms with Gasteiger partial charge in [-0.05, 0) is 18.8 Å². The Morgan fingerprint density at radius 3 is 2.74 bits per heavy atom. The van der Waals surface area contributed by atoms with Crippen molar-refractivity contribution in [1.82, 2.24) is 9.88 Å². The molecule has 0 bridgehead atoms. The van der Waals surface area contributed by atoms with E-state index in [1.54, 1.807) is 10.3 Å². The summed E-state index contributed by atoms with van der Waals surface area (Å²) < 4.78 is 4.71. The zero-order chi connectivity index (χ0) is 13.8. The van der Waals surface area contributed by atoms with Gasteiger partial charge in [0, 0.05) is 18.5 Å². The van der Waals surface area contributed by atoms with Crippen molar-refractivity contribution in [1.29, 1.82) is 0 Å². The van der Waals surface area contributed by atoms with Gasteiger partial charge in [0.25, 0.3) is 5.91 Å². The van der Waals surface area contributed by atoms with E-state index in [0.717, 1.165) is 0 Å². The van der Waals surface area contributed by atoms with Gasteiger partial charge in [-0.2, -0.15) is 0 Å². The predicted molar refractivity (Wildman–Crippen MR) is 70.7 cm³/mol. The van der Waals surface area contributed by atoms with E-state index in [-0.39, 0.29) is 17.8 Å². The second-order valence-corrected chi connectivity index (χ2v) is 5.13. The summed E-state index contributed by atoms with van der Waals surface area (Å²) in [6.07, 6.45) is 6.49. The molecule has 0 spiro atoms. The fraction of sp³-hybridized carbons (Fsp3) is 0.462. The quantitative estimate of drug-likeness (QED) is 0.601. The number of likely N-dealkylation sites (tertiary alicyclic amines) is 1. The number of esters is 1. The summed E-state index contributed by atoms with van der Waals surface area (Å²) in [6, 6.07) is 0. The zero-order valence-corrected chi connectivity index (χ0v) is 11.4. The number of hydrogen-bond donors (Lipinski definition) is 0. The molecule has 0 aromatic carbocycles. The molecule has 2 heterocycles. The van der Waals surface area contributed by atoms with Crippen molar-refractivity contribution < 1.29 is 14.3 Å². The molecule has 1 fully saturated rings. The Bertz CT molecular complexity index is 524. The van der Waals surface area contributed by atoms with Gasteiger partial charge in [-0.25, -0.2) is 4.98 Å². The zero-order valence-electron chi connectivity index (χ0n) is 10.6. The third-order valence-electron chi connectivity index (χ3n) is 3.16. The van der Waals surface area contributed by atoms with E-state index in [0.29, 0.717) is 36.6 Å². The minimum absolute atomic E-state index is 0.106. The van der Waals surface area contributed by atoms with E-state index < -0.39 is 0 Å². The van der Waals surface area contributed by atoms with Crippen molar-refractivity contribution in [3.8, 4) is 12.3 Å². The summed E-state index contributed by atoms with van der Waals surface area (Å²) in [5, 5.41) is 2.18. The number of terminal acetylenes is 1. The van der Waals surface area contributed by atoms with Gasteiger partial charge in [-0.15, -0.1) is 17.8 Å². The number of aromatic nitrogens is 1. The third kappa shape index (κ3) is 2.93. The molecule has 1 aliphatic rings. The SMILES string of the molecule is C#Cc1nc(C(=O)N2CCC(C(=O)OC)CC2)cs1. The monoisotopic (exact) mass is 278 g/mol. The lowest BCUT2D eigenvalue weighted by atomic mass is 9.97. The standard InChI is InChI=1S/C13H14N2O3S/c1-3-11-14-10(8-19-11)12(16)15-6-4-9(5-7-15)13(17)18-2/h1,8-9H,4-7H2,2H3. The number of amides is 1. The molecule has 5 nitrogen and oxygen atoms in total. The fourth-order valence-electron chi connectivity index (χ4n) is 2.09. The van der Waals surface area contributed by atoms with Crippen molar-refractivity contribution in [2.24, 2.45) is 5.92 Å². The Labute approximate surface area is 115 Å². The first-order valence-corrected chi connectivity index (χ1v) is 6.83. The van der Waals surface area contributed by atoms with Crippen LogP contribution < -0.4 is 0 Å². The maximum absolute atomic E-state index is 12.2. The lowest BCUT2D eigenvalue weighted by Crippen LogP contribution is -2.40. The van der Waals surface area contributed by atoms with Gasteiger partial charge in [0.1, 0.15) is 5.69 Å². The normalized spacial score (nSPS) is 15.9. The van der Waals surface area contributed by atoms with E-state index in [9.17, 15) is 9.59 Å². The van der Waals surface area contributed by atoms with Crippen molar-refractivity contribution >= 4 is 23.2 Å². The van der Waals surface area contributed by atoms with E-state index in [1.165, 1.54) is 18.4 Å². The molecule has 1 aromatic heterocycles. The second-order valence-electron chi connectivity index (χ2n) is 4.27. The lowest BCUT2D eigenvalue weighted by Gasteiger charge is -2.30. The van der Waals surface area contributed by atoms with Crippen LogP contribution in [0.5, 0.6) is 0 Å². The highest BCUT2D eigenvalue weighted by Crippen LogP contribution is 2.20. The molecule has 6 heteroatoms. The second kappa shape index (κ2) is 5.85. The van der Waals surface area contributed by atoms with Crippen LogP contribution in [0.25, 0.3) is 0 Å². The molecule has 2 rings (SSSR count). The van der Waals surface area contributed by atoms with Crippen molar-refractivity contribution in [3.05, 3.63) is 16.1 Å². The highest BCUT2D eigenvalue weighted by molar-refractivity contribution is 7.10. The summed E-state index contributed by atoms with van der Waals surface area (Å²) in [6.45, 7) is 1.09. The summed E-state index contributed by atoms with van der Waals surface area (Å²) in [4.78, 5) is 29.3. The molecular weight excluding hydrogens is 264 g/mol. The highest BCUT2D eigenvalue weighted by atomic mass is 32.1. The maximum Gasteiger partial charge on any atom is 0.308 e. The summed E-state index contributed by atoms with van der Waals surface area (Å²) in [5.74, 6) is 1.98. The van der Waals surface area contributed by atoms with Crippen molar-refractivity contribution in [2.75, 3.05) is 20.2 Å². The number of methoxy groups -OCH3 is 1. The van der Waals surface area contributed by atoms with E-state index in [4.69, 9.17) is 11.2 Å². The van der Waals surface area contributed by atoms with Crippen molar-refractivity contribution in [3.63, 3.8) is 0 Å². The van der Waals surface area contributed by atoms with Gasteiger partial charge in [-0.1, -0.05) is 0 Å². The van der Waals surface area contributed by atoms with Gasteiger partial charge in [-0.3, -0.25) is 9.59 Å². The first-order chi connectivity index (χ1) is 9.15. The molecule has 100 valence electrons. The van der Waals surface area contributed by atoms with Crippen LogP contribution in [-0.4, -0.2) is 42.0 Å². The molecule has 0 radical (unpaired) electrons. The summed E-state index contributed by atoms with van der Waals surface area (Å²) >= 11 is 1.28. The molecule has 0 unspecified atom stereocenters. The van der Waals surface area contributed by atoms with E-state index in [2.05, 4.69) is 10.9 Å². The van der Waals surface area contributed by atoms with Gasteiger partial charge in [0.2, 0.25) is 0 Å². The Morgan fingerprint density at radius 1 is 1.53 bits per heavy atom. The average Bonchev–Trinajstić information content (AvgIpc) is 2.94. The van der Waals surface area contributed by atoms with Gasteiger partial charge < -0.3 is 9.64 Å². The van der Waals surface area contributed by atoms with E-state index in [1.807, 2.05) is 0 Å². The van der Waals surface area contributed by atoms with Crippen LogP contribution in [0.2, 0.25) is 0 Å². The van der Waals surface area contributed by atoms with Crippen LogP contribution in [0.4, 0.5) is 0 Å². The van der Waals surface area contributed by atoms with Crippen LogP contribution in [0.15, 0.2) is 5.38 Å². The van der Waals surface area contributed by atoms with Gasteiger partial charge in [0.05, 0.1) is 13.0 Å². The lowest BCUT2D eigenvalue weighted by molar-refractivity contribution is -0.146. The molecule has 0 N–H and O–H groups in total. The molecule has 0 atom stereocenters. The first kappa shape index (κ1) is 13.6. The minimum atomic E-state index is -0.199. The molecular formula is C13H14N2O3S. The number of hydrogen-bond acceptors (Lipinski definition) is 5. The number of carbonyl (C=O) groups excluding carboxylic acids is 2. The summed E-state index contributed by atoms with van der Waals surface area (Å²) in [7, 11) is 1.39. The number of rotatable bonds is 2. The molecule has 19 heavy (non-hydrogen) atoms. The highest BCUT2D eigenvalue weighted by Gasteiger charge is 2.29. The van der Waals surface area contributed by atoms with Crippen LogP contribution in [0, 0.1) is 18.3 Å². The molecule has 1 saturated heterocycles. The third-order valence-corrected chi connectivity index (χ3v) is 3.94. The Morgan fingerprint density at radius 2 is 2.21 bits per heavy atom. The average molecular weight is 278 g/mol. The number of piperidine rings is 1. The van der Waals surface area contributed by atoms with Gasteiger partial charge >= 0.3 is 5.97 Å². The number of ether oxygens (including phenoxy) is 1. The molecule has 0 aliphatic carbocycles. The molecule has 1 aromatic rings. The molecule has 1 aliphatic heterocycles. The van der Waals surface area contributed by atoms with Crippen LogP contribution in [-0.2, 0) is 9.53 Å². The van der Waals surface area contributed by atoms with Crippen molar-refractivity contribution in [2.45, 2.75) is 12.8 Å². The van der Waals surface area contributed by atoms with Crippen LogP contribution >= 0.6 is 11.3 Å². The topological polar surface area (TPSA) is 59.5 Å². The smallest absolute Gasteiger partial charge is 0.308 e. The first-order valence-electron chi connectivity index (χ1n) is 5.95. The van der Waals surface area contributed by atoms with E-state index >= 15 is 0 Å². The molecule has 0 saturated carbocycles. The largest absolute Gasteiger partial charge is 0.469 e. The van der Waals surface area contributed by atoms with Gasteiger partial charge in [0.15, 0.2) is 5.01 Å². The summed E-state index contributed by atoms with van der Waals surface area (Å²) in [5.41, 5.74) is 0.384. The number of carbonyl (C=O) groups is 2. The minimum Gasteiger partial charge on any atom is -0.469 e. The fourth-order valence-corrected chi connectivity index (χ4v) is 2.68. The Balaban J connectivity index is 1.96. The maximum atomic E-state index is 12.2. The predicted octanol–water partition coefficient (Wildman–Crippen LogP) is 1.15. The number of nitrogens with zero attached hydrogens (tertiary/aromatic N) is 2. The number of thiazole rings is 1.